The van der Waals surface area contributed by atoms with Crippen LogP contribution in [-0.4, -0.2) is 35.6 Å². The fourth-order valence-electron chi connectivity index (χ4n) is 2.54. The van der Waals surface area contributed by atoms with Crippen LogP contribution in [0, 0.1) is 0 Å². The largest absolute Gasteiger partial charge is 0.486 e. The molecule has 0 aliphatic carbocycles. The summed E-state index contributed by atoms with van der Waals surface area (Å²) in [5, 5.41) is 0.372. The number of Topliss-reactive ketones (excluding diaryl/α,β-unsaturated/α-hetero) is 1. The molecule has 0 aromatic heterocycles. The molecule has 0 saturated carbocycles. The van der Waals surface area contributed by atoms with E-state index in [1.165, 1.54) is 0 Å². The molecule has 0 N–H and O–H groups in total. The maximum absolute atomic E-state index is 12.5. The van der Waals surface area contributed by atoms with Crippen LogP contribution in [0.4, 0.5) is 0 Å². The zero-order valence-corrected chi connectivity index (χ0v) is 15.8. The topological polar surface area (TPSA) is 38.8 Å². The Balaban J connectivity index is 2.57. The van der Waals surface area contributed by atoms with Gasteiger partial charge in [-0.05, 0) is 37.5 Å². The summed E-state index contributed by atoms with van der Waals surface area (Å²) >= 11 is 5.26. The second-order valence-electron chi connectivity index (χ2n) is 7.82. The van der Waals surface area contributed by atoms with E-state index in [0.29, 0.717) is 28.7 Å². The summed E-state index contributed by atoms with van der Waals surface area (Å²) in [4.78, 5) is 14.2. The lowest BCUT2D eigenvalue weighted by molar-refractivity contribution is 0.0618. The smallest absolute Gasteiger partial charge is 0.264 e. The number of ether oxygens (including phenoxy) is 2. The first-order valence-electron chi connectivity index (χ1n) is 7.70. The highest BCUT2D eigenvalue weighted by atomic mass is 32.1. The van der Waals surface area contributed by atoms with Gasteiger partial charge in [0, 0.05) is 25.7 Å². The van der Waals surface area contributed by atoms with Crippen molar-refractivity contribution in [3.63, 3.8) is 0 Å². The third-order valence-electron chi connectivity index (χ3n) is 3.73. The molecular formula is C18H25NO3S. The monoisotopic (exact) mass is 335 g/mol. The molecular weight excluding hydrogens is 310 g/mol. The standard InChI is InChI=1S/C18H25NO3S/c1-17(2,3)12-8-11-13(20)10-18(4,5)22-14(11)9-15(12)21-16(23)19(6)7/h8-9H,10H2,1-7H3. The quantitative estimate of drug-likeness (QED) is 0.727. The number of carbonyl (C=O) groups is 1. The summed E-state index contributed by atoms with van der Waals surface area (Å²) in [5.74, 6) is 1.31. The number of hydrogen-bond donors (Lipinski definition) is 0. The van der Waals surface area contributed by atoms with Crippen molar-refractivity contribution in [1.29, 1.82) is 0 Å². The first-order chi connectivity index (χ1) is 10.4. The minimum atomic E-state index is -0.507. The van der Waals surface area contributed by atoms with Crippen molar-refractivity contribution >= 4 is 23.2 Å². The lowest BCUT2D eigenvalue weighted by Gasteiger charge is -2.33. The molecule has 0 unspecified atom stereocenters. The van der Waals surface area contributed by atoms with Gasteiger partial charge in [-0.1, -0.05) is 20.8 Å². The van der Waals surface area contributed by atoms with Crippen LogP contribution < -0.4 is 9.47 Å². The maximum Gasteiger partial charge on any atom is 0.264 e. The molecule has 1 heterocycles. The molecule has 1 aromatic rings. The van der Waals surface area contributed by atoms with Gasteiger partial charge in [0.25, 0.3) is 5.17 Å². The summed E-state index contributed by atoms with van der Waals surface area (Å²) in [6.45, 7) is 10.1. The Kier molecular flexibility index (Phi) is 4.46. The van der Waals surface area contributed by atoms with E-state index in [2.05, 4.69) is 20.8 Å². The predicted octanol–water partition coefficient (Wildman–Crippen LogP) is 3.95. The Morgan fingerprint density at radius 2 is 1.91 bits per heavy atom. The average molecular weight is 335 g/mol. The number of nitrogens with zero attached hydrogens (tertiary/aromatic N) is 1. The van der Waals surface area contributed by atoms with Crippen LogP contribution in [0.2, 0.25) is 0 Å². The second kappa shape index (κ2) is 5.78. The molecule has 4 nitrogen and oxygen atoms in total. The van der Waals surface area contributed by atoms with Crippen LogP contribution in [0.25, 0.3) is 0 Å². The first-order valence-corrected chi connectivity index (χ1v) is 8.11. The molecule has 0 radical (unpaired) electrons. The third-order valence-corrected chi connectivity index (χ3v) is 4.17. The van der Waals surface area contributed by atoms with Crippen LogP contribution in [0.3, 0.4) is 0 Å². The molecule has 2 rings (SSSR count). The van der Waals surface area contributed by atoms with Crippen molar-refractivity contribution in [2.45, 2.75) is 52.1 Å². The lowest BCUT2D eigenvalue weighted by Crippen LogP contribution is -2.36. The molecule has 0 bridgehead atoms. The van der Waals surface area contributed by atoms with Crippen molar-refractivity contribution in [3.8, 4) is 11.5 Å². The van der Waals surface area contributed by atoms with Crippen LogP contribution in [-0.2, 0) is 5.41 Å². The van der Waals surface area contributed by atoms with Gasteiger partial charge < -0.3 is 14.4 Å². The molecule has 5 heteroatoms. The normalized spacial score (nSPS) is 16.4. The number of benzene rings is 1. The molecule has 0 spiro atoms. The lowest BCUT2D eigenvalue weighted by atomic mass is 9.83. The SMILES string of the molecule is CN(C)C(=S)Oc1cc2c(cc1C(C)(C)C)C(=O)CC(C)(C)O2. The van der Waals surface area contributed by atoms with Crippen LogP contribution in [0.1, 0.15) is 57.0 Å². The molecule has 0 atom stereocenters. The van der Waals surface area contributed by atoms with E-state index >= 15 is 0 Å². The van der Waals surface area contributed by atoms with Gasteiger partial charge in [-0.15, -0.1) is 0 Å². The maximum atomic E-state index is 12.5. The van der Waals surface area contributed by atoms with Gasteiger partial charge in [0.05, 0.1) is 12.0 Å². The van der Waals surface area contributed by atoms with Crippen LogP contribution in [0.5, 0.6) is 11.5 Å². The highest BCUT2D eigenvalue weighted by molar-refractivity contribution is 7.80. The number of rotatable bonds is 1. The minimum absolute atomic E-state index is 0.100. The van der Waals surface area contributed by atoms with E-state index in [9.17, 15) is 4.79 Å². The minimum Gasteiger partial charge on any atom is -0.486 e. The summed E-state index contributed by atoms with van der Waals surface area (Å²) in [7, 11) is 3.67. The van der Waals surface area contributed by atoms with Crippen molar-refractivity contribution in [2.24, 2.45) is 0 Å². The van der Waals surface area contributed by atoms with Crippen LogP contribution >= 0.6 is 12.2 Å². The number of hydrogen-bond acceptors (Lipinski definition) is 4. The number of thiocarbonyl (C=S) groups is 1. The summed E-state index contributed by atoms with van der Waals surface area (Å²) in [6.07, 6.45) is 0.375. The Hall–Kier alpha value is -1.62. The molecule has 0 saturated heterocycles. The Bertz CT molecular complexity index is 657. The van der Waals surface area contributed by atoms with Crippen molar-refractivity contribution in [1.82, 2.24) is 4.90 Å². The molecule has 1 aliphatic rings. The molecule has 0 amide bonds. The third kappa shape index (κ3) is 3.83. The summed E-state index contributed by atoms with van der Waals surface area (Å²) < 4.78 is 11.9. The molecule has 23 heavy (non-hydrogen) atoms. The van der Waals surface area contributed by atoms with Crippen molar-refractivity contribution in [3.05, 3.63) is 23.3 Å². The highest BCUT2D eigenvalue weighted by Crippen LogP contribution is 2.41. The fraction of sp³-hybridized carbons (Fsp3) is 0.556. The van der Waals surface area contributed by atoms with Gasteiger partial charge >= 0.3 is 0 Å². The van der Waals surface area contributed by atoms with Gasteiger partial charge in [0.15, 0.2) is 5.78 Å². The van der Waals surface area contributed by atoms with Gasteiger partial charge in [-0.25, -0.2) is 0 Å². The molecule has 1 aliphatic heterocycles. The zero-order valence-electron chi connectivity index (χ0n) is 14.9. The first kappa shape index (κ1) is 17.7. The van der Waals surface area contributed by atoms with E-state index in [1.54, 1.807) is 11.0 Å². The number of ketones is 1. The van der Waals surface area contributed by atoms with Crippen LogP contribution in [0.15, 0.2) is 12.1 Å². The van der Waals surface area contributed by atoms with Gasteiger partial charge in [-0.2, -0.15) is 0 Å². The Labute approximate surface area is 143 Å². The van der Waals surface area contributed by atoms with E-state index in [1.807, 2.05) is 34.0 Å². The molecule has 126 valence electrons. The zero-order chi connectivity index (χ0) is 17.6. The molecule has 0 fully saturated rings. The number of fused-ring (bicyclic) bond motifs is 1. The molecule has 1 aromatic carbocycles. The van der Waals surface area contributed by atoms with Crippen molar-refractivity contribution < 1.29 is 14.3 Å². The van der Waals surface area contributed by atoms with Gasteiger partial charge in [0.2, 0.25) is 0 Å². The second-order valence-corrected chi connectivity index (χ2v) is 8.17. The Morgan fingerprint density at radius 1 is 1.30 bits per heavy atom. The highest BCUT2D eigenvalue weighted by Gasteiger charge is 2.35. The predicted molar refractivity (Wildman–Crippen MR) is 95.7 cm³/mol. The van der Waals surface area contributed by atoms with E-state index < -0.39 is 5.60 Å². The number of carbonyl (C=O) groups excluding carboxylic acids is 1. The summed E-state index contributed by atoms with van der Waals surface area (Å²) in [5.41, 5.74) is 0.876. The van der Waals surface area contributed by atoms with Gasteiger partial charge in [-0.3, -0.25) is 4.79 Å². The van der Waals surface area contributed by atoms with Crippen molar-refractivity contribution in [2.75, 3.05) is 14.1 Å². The Morgan fingerprint density at radius 3 is 2.43 bits per heavy atom. The van der Waals surface area contributed by atoms with E-state index in [-0.39, 0.29) is 11.2 Å². The van der Waals surface area contributed by atoms with Gasteiger partial charge in [0.1, 0.15) is 17.1 Å². The average Bonchev–Trinajstić information content (AvgIpc) is 2.34. The van der Waals surface area contributed by atoms with E-state index in [4.69, 9.17) is 21.7 Å². The van der Waals surface area contributed by atoms with E-state index in [0.717, 1.165) is 5.56 Å². The summed E-state index contributed by atoms with van der Waals surface area (Å²) in [6, 6.07) is 3.69. The fourth-order valence-corrected chi connectivity index (χ4v) is 2.62.